The third-order valence-electron chi connectivity index (χ3n) is 5.59. The normalized spacial score (nSPS) is 12.0. The highest BCUT2D eigenvalue weighted by Gasteiger charge is 2.14. The number of carbonyl (C=O) groups is 1. The van der Waals surface area contributed by atoms with Gasteiger partial charge in [-0.15, -0.1) is 0 Å². The summed E-state index contributed by atoms with van der Waals surface area (Å²) >= 11 is 0. The Hall–Kier alpha value is -3.07. The summed E-state index contributed by atoms with van der Waals surface area (Å²) in [7, 11) is 1.43. The van der Waals surface area contributed by atoms with Gasteiger partial charge in [0.05, 0.1) is 7.11 Å². The van der Waals surface area contributed by atoms with Crippen LogP contribution in [0.5, 0.6) is 5.75 Å². The summed E-state index contributed by atoms with van der Waals surface area (Å²) in [6.45, 7) is 0.537. The highest BCUT2D eigenvalue weighted by Crippen LogP contribution is 2.31. The molecule has 0 aromatic heterocycles. The molecule has 1 aliphatic carbocycles. The minimum Gasteiger partial charge on any atom is -0.489 e. The molecule has 0 N–H and O–H groups in total. The Bertz CT molecular complexity index is 989. The maximum atomic E-state index is 11.2. The van der Waals surface area contributed by atoms with E-state index in [1.807, 2.05) is 12.1 Å². The topological polar surface area (TPSA) is 35.5 Å². The monoisotopic (exact) mass is 386 g/mol. The lowest BCUT2D eigenvalue weighted by atomic mass is 9.85. The van der Waals surface area contributed by atoms with E-state index in [4.69, 9.17) is 4.74 Å². The van der Waals surface area contributed by atoms with E-state index in [9.17, 15) is 4.79 Å². The molecule has 3 aromatic carbocycles. The van der Waals surface area contributed by atoms with Gasteiger partial charge in [0, 0.05) is 6.42 Å². The molecule has 0 bridgehead atoms. The van der Waals surface area contributed by atoms with E-state index in [2.05, 4.69) is 59.3 Å². The first kappa shape index (κ1) is 19.3. The van der Waals surface area contributed by atoms with Gasteiger partial charge in [-0.2, -0.15) is 0 Å². The fraction of sp³-hybridized carbons (Fsp3) is 0.269. The zero-order valence-corrected chi connectivity index (χ0v) is 16.8. The maximum absolute atomic E-state index is 11.2. The summed E-state index contributed by atoms with van der Waals surface area (Å²) in [5, 5.41) is 0. The molecule has 0 radical (unpaired) electrons. The number of benzene rings is 3. The number of carbonyl (C=O) groups excluding carboxylic acids is 1. The molecule has 3 heteroatoms. The fourth-order valence-electron chi connectivity index (χ4n) is 3.74. The van der Waals surface area contributed by atoms with Crippen molar-refractivity contribution in [2.45, 2.75) is 38.7 Å². The van der Waals surface area contributed by atoms with Gasteiger partial charge in [-0.25, -0.2) is 0 Å². The van der Waals surface area contributed by atoms with Crippen molar-refractivity contribution in [1.82, 2.24) is 0 Å². The minimum atomic E-state index is -0.156. The van der Waals surface area contributed by atoms with E-state index >= 15 is 0 Å². The quantitative estimate of drug-likeness (QED) is 0.478. The number of methoxy groups -OCH3 is 1. The first-order chi connectivity index (χ1) is 14.2. The van der Waals surface area contributed by atoms with Crippen LogP contribution in [0.25, 0.3) is 11.1 Å². The van der Waals surface area contributed by atoms with E-state index in [0.717, 1.165) is 18.6 Å². The number of esters is 1. The second kappa shape index (κ2) is 8.95. The molecule has 3 nitrogen and oxygen atoms in total. The van der Waals surface area contributed by atoms with Crippen molar-refractivity contribution in [3.05, 3.63) is 89.0 Å². The Labute approximate surface area is 172 Å². The molecule has 1 aliphatic rings. The van der Waals surface area contributed by atoms with Crippen LogP contribution in [0.15, 0.2) is 66.7 Å². The SMILES string of the molecule is COC(=O)CCCc1ccc(OCc2ccccc2-c2ccc3c(c2)CC3)cc1. The Morgan fingerprint density at radius 3 is 2.45 bits per heavy atom. The predicted molar refractivity (Wildman–Crippen MR) is 115 cm³/mol. The van der Waals surface area contributed by atoms with Gasteiger partial charge < -0.3 is 9.47 Å². The highest BCUT2D eigenvalue weighted by atomic mass is 16.5. The summed E-state index contributed by atoms with van der Waals surface area (Å²) in [6.07, 6.45) is 4.50. The molecule has 0 spiro atoms. The van der Waals surface area contributed by atoms with Gasteiger partial charge in [0.2, 0.25) is 0 Å². The molecule has 3 aromatic rings. The van der Waals surface area contributed by atoms with Crippen molar-refractivity contribution in [1.29, 1.82) is 0 Å². The van der Waals surface area contributed by atoms with Gasteiger partial charge in [0.1, 0.15) is 12.4 Å². The Kier molecular flexibility index (Phi) is 5.95. The summed E-state index contributed by atoms with van der Waals surface area (Å²) < 4.78 is 10.7. The van der Waals surface area contributed by atoms with Crippen molar-refractivity contribution >= 4 is 5.97 Å². The molecule has 0 aliphatic heterocycles. The van der Waals surface area contributed by atoms with Gasteiger partial charge in [0.15, 0.2) is 0 Å². The van der Waals surface area contributed by atoms with Crippen LogP contribution in [0.4, 0.5) is 0 Å². The summed E-state index contributed by atoms with van der Waals surface area (Å²) in [4.78, 5) is 11.2. The van der Waals surface area contributed by atoms with Crippen LogP contribution < -0.4 is 4.74 Å². The number of ether oxygens (including phenoxy) is 2. The molecule has 0 heterocycles. The average Bonchev–Trinajstić information content (AvgIpc) is 2.74. The number of fused-ring (bicyclic) bond motifs is 1. The molecule has 148 valence electrons. The average molecular weight is 386 g/mol. The van der Waals surface area contributed by atoms with E-state index in [1.165, 1.54) is 53.3 Å². The van der Waals surface area contributed by atoms with Gasteiger partial charge in [-0.1, -0.05) is 54.6 Å². The Morgan fingerprint density at radius 1 is 0.931 bits per heavy atom. The second-order valence-electron chi connectivity index (χ2n) is 7.50. The van der Waals surface area contributed by atoms with Crippen molar-refractivity contribution in [3.63, 3.8) is 0 Å². The molecule has 0 unspecified atom stereocenters. The van der Waals surface area contributed by atoms with E-state index in [-0.39, 0.29) is 5.97 Å². The number of hydrogen-bond acceptors (Lipinski definition) is 3. The molecular formula is C26H26O3. The van der Waals surface area contributed by atoms with Crippen LogP contribution in [0.2, 0.25) is 0 Å². The molecular weight excluding hydrogens is 360 g/mol. The zero-order valence-electron chi connectivity index (χ0n) is 16.8. The molecule has 0 saturated heterocycles. The molecule has 4 rings (SSSR count). The van der Waals surface area contributed by atoms with E-state index in [1.54, 1.807) is 0 Å². The Morgan fingerprint density at radius 2 is 1.72 bits per heavy atom. The standard InChI is InChI=1S/C26H26O3/c1-28-26(27)8-4-5-19-9-15-24(16-10-19)29-18-23-6-2-3-7-25(23)22-14-12-20-11-13-21(20)17-22/h2-3,6-7,9-10,12,14-17H,4-5,8,11,13,18H2,1H3. The molecule has 0 saturated carbocycles. The first-order valence-electron chi connectivity index (χ1n) is 10.2. The van der Waals surface area contributed by atoms with Crippen LogP contribution in [-0.2, 0) is 35.4 Å². The van der Waals surface area contributed by atoms with Crippen molar-refractivity contribution in [2.24, 2.45) is 0 Å². The number of rotatable bonds is 8. The third kappa shape index (κ3) is 4.68. The predicted octanol–water partition coefficient (Wildman–Crippen LogP) is 5.53. The van der Waals surface area contributed by atoms with Crippen molar-refractivity contribution in [2.75, 3.05) is 7.11 Å². The van der Waals surface area contributed by atoms with Crippen LogP contribution >= 0.6 is 0 Å². The lowest BCUT2D eigenvalue weighted by molar-refractivity contribution is -0.140. The summed E-state index contributed by atoms with van der Waals surface area (Å²) in [6, 6.07) is 23.4. The van der Waals surface area contributed by atoms with Gasteiger partial charge >= 0.3 is 5.97 Å². The number of hydrogen-bond donors (Lipinski definition) is 0. The van der Waals surface area contributed by atoms with Gasteiger partial charge in [-0.05, 0) is 71.2 Å². The molecule has 0 amide bonds. The Balaban J connectivity index is 1.38. The minimum absolute atomic E-state index is 0.156. The zero-order chi connectivity index (χ0) is 20.1. The third-order valence-corrected chi connectivity index (χ3v) is 5.59. The largest absolute Gasteiger partial charge is 0.489 e. The van der Waals surface area contributed by atoms with Gasteiger partial charge in [0.25, 0.3) is 0 Å². The van der Waals surface area contributed by atoms with Crippen LogP contribution in [0.1, 0.15) is 35.1 Å². The molecule has 0 atom stereocenters. The molecule has 0 fully saturated rings. The fourth-order valence-corrected chi connectivity index (χ4v) is 3.74. The maximum Gasteiger partial charge on any atom is 0.305 e. The lowest BCUT2D eigenvalue weighted by Crippen LogP contribution is -2.07. The molecule has 29 heavy (non-hydrogen) atoms. The number of aryl methyl sites for hydroxylation is 3. The first-order valence-corrected chi connectivity index (χ1v) is 10.2. The van der Waals surface area contributed by atoms with Crippen molar-refractivity contribution in [3.8, 4) is 16.9 Å². The summed E-state index contributed by atoms with van der Waals surface area (Å²) in [5.41, 5.74) is 7.85. The lowest BCUT2D eigenvalue weighted by Gasteiger charge is -2.20. The smallest absolute Gasteiger partial charge is 0.305 e. The summed E-state index contributed by atoms with van der Waals surface area (Å²) in [5.74, 6) is 0.699. The van der Waals surface area contributed by atoms with E-state index < -0.39 is 0 Å². The van der Waals surface area contributed by atoms with Crippen LogP contribution in [0, 0.1) is 0 Å². The van der Waals surface area contributed by atoms with Gasteiger partial charge in [-0.3, -0.25) is 4.79 Å². The van der Waals surface area contributed by atoms with Crippen molar-refractivity contribution < 1.29 is 14.3 Å². The highest BCUT2D eigenvalue weighted by molar-refractivity contribution is 5.69. The second-order valence-corrected chi connectivity index (χ2v) is 7.50. The van der Waals surface area contributed by atoms with E-state index in [0.29, 0.717) is 13.0 Å². The van der Waals surface area contributed by atoms with Crippen LogP contribution in [0.3, 0.4) is 0 Å². The van der Waals surface area contributed by atoms with Crippen LogP contribution in [-0.4, -0.2) is 13.1 Å².